The summed E-state index contributed by atoms with van der Waals surface area (Å²) in [5.74, 6) is 0. The van der Waals surface area contributed by atoms with E-state index in [1.807, 2.05) is 34.6 Å². The molecule has 0 aliphatic heterocycles. The molecule has 8 heteroatoms. The molecule has 0 spiro atoms. The SMILES string of the molecule is CCO[Si](CCCCP(=O)(OCC)OCC)(OCC)OCC. The Hall–Kier alpha value is 0.247. The molecule has 134 valence electrons. The molecule has 0 aromatic rings. The smallest absolute Gasteiger partial charge is 0.374 e. The summed E-state index contributed by atoms with van der Waals surface area (Å²) in [6.07, 6.45) is 1.97. The highest BCUT2D eigenvalue weighted by atomic mass is 31.2. The van der Waals surface area contributed by atoms with Gasteiger partial charge in [-0.1, -0.05) is 0 Å². The highest BCUT2D eigenvalue weighted by Gasteiger charge is 2.39. The maximum Gasteiger partial charge on any atom is 0.500 e. The Bertz CT molecular complexity index is 289. The first-order chi connectivity index (χ1) is 10.5. The van der Waals surface area contributed by atoms with Crippen molar-refractivity contribution >= 4 is 16.4 Å². The van der Waals surface area contributed by atoms with Crippen LogP contribution in [-0.2, 0) is 26.9 Å². The van der Waals surface area contributed by atoms with Gasteiger partial charge in [-0.2, -0.15) is 0 Å². The first kappa shape index (κ1) is 22.2. The van der Waals surface area contributed by atoms with E-state index in [1.54, 1.807) is 0 Å². The Morgan fingerprint density at radius 3 is 1.55 bits per heavy atom. The average Bonchev–Trinajstić information content (AvgIpc) is 2.45. The molecule has 0 aromatic heterocycles. The summed E-state index contributed by atoms with van der Waals surface area (Å²) < 4.78 is 40.4. The first-order valence-corrected chi connectivity index (χ1v) is 12.0. The van der Waals surface area contributed by atoms with Gasteiger partial charge in [0.2, 0.25) is 0 Å². The van der Waals surface area contributed by atoms with Crippen molar-refractivity contribution in [2.24, 2.45) is 0 Å². The molecular weight excluding hydrogens is 323 g/mol. The van der Waals surface area contributed by atoms with Gasteiger partial charge in [-0.05, 0) is 47.5 Å². The third kappa shape index (κ3) is 8.77. The van der Waals surface area contributed by atoms with Gasteiger partial charge in [0.15, 0.2) is 0 Å². The van der Waals surface area contributed by atoms with Crippen LogP contribution in [0.4, 0.5) is 0 Å². The van der Waals surface area contributed by atoms with Gasteiger partial charge in [-0.3, -0.25) is 4.57 Å². The largest absolute Gasteiger partial charge is 0.500 e. The lowest BCUT2D eigenvalue weighted by atomic mass is 10.4. The molecule has 22 heavy (non-hydrogen) atoms. The molecule has 0 bridgehead atoms. The highest BCUT2D eigenvalue weighted by Crippen LogP contribution is 2.48. The predicted molar refractivity (Wildman–Crippen MR) is 90.4 cm³/mol. The summed E-state index contributed by atoms with van der Waals surface area (Å²) in [6.45, 7) is 12.0. The molecule has 0 saturated heterocycles. The van der Waals surface area contributed by atoms with E-state index >= 15 is 0 Å². The summed E-state index contributed by atoms with van der Waals surface area (Å²) in [5.41, 5.74) is 0. The monoisotopic (exact) mass is 356 g/mol. The molecule has 0 unspecified atom stereocenters. The van der Waals surface area contributed by atoms with E-state index in [0.717, 1.165) is 18.9 Å². The molecule has 0 aliphatic rings. The molecule has 0 aliphatic carbocycles. The Kier molecular flexibility index (Phi) is 12.8. The predicted octanol–water partition coefficient (Wildman–Crippen LogP) is 4.08. The Morgan fingerprint density at radius 2 is 1.18 bits per heavy atom. The fourth-order valence-electron chi connectivity index (χ4n) is 2.21. The van der Waals surface area contributed by atoms with Crippen LogP contribution in [0.1, 0.15) is 47.5 Å². The second kappa shape index (κ2) is 12.6. The van der Waals surface area contributed by atoms with Crippen LogP contribution >= 0.6 is 7.60 Å². The van der Waals surface area contributed by atoms with E-state index < -0.39 is 16.4 Å². The van der Waals surface area contributed by atoms with Crippen LogP contribution < -0.4 is 0 Å². The van der Waals surface area contributed by atoms with Crippen molar-refractivity contribution < 1.29 is 26.9 Å². The van der Waals surface area contributed by atoms with E-state index in [0.29, 0.717) is 39.2 Å². The van der Waals surface area contributed by atoms with E-state index in [4.69, 9.17) is 22.3 Å². The number of unbranched alkanes of at least 4 members (excludes halogenated alkanes) is 1. The van der Waals surface area contributed by atoms with E-state index in [1.165, 1.54) is 0 Å². The topological polar surface area (TPSA) is 63.2 Å². The van der Waals surface area contributed by atoms with E-state index in [9.17, 15) is 4.57 Å². The molecule has 0 heterocycles. The van der Waals surface area contributed by atoms with Crippen molar-refractivity contribution in [1.29, 1.82) is 0 Å². The number of rotatable bonds is 15. The Balaban J connectivity index is 4.44. The second-order valence-corrected chi connectivity index (χ2v) is 9.53. The van der Waals surface area contributed by atoms with Crippen LogP contribution in [0.3, 0.4) is 0 Å². The van der Waals surface area contributed by atoms with Crippen LogP contribution in [0, 0.1) is 0 Å². The molecule has 0 atom stereocenters. The second-order valence-electron chi connectivity index (χ2n) is 4.61. The molecular formula is C14H33O6PSi. The Morgan fingerprint density at radius 1 is 0.727 bits per heavy atom. The maximum atomic E-state index is 12.4. The summed E-state index contributed by atoms with van der Waals surface area (Å²) in [6, 6.07) is 0.723. The molecule has 0 fully saturated rings. The van der Waals surface area contributed by atoms with Crippen molar-refractivity contribution in [3.05, 3.63) is 0 Å². The van der Waals surface area contributed by atoms with Gasteiger partial charge < -0.3 is 22.3 Å². The van der Waals surface area contributed by atoms with Crippen LogP contribution in [0.5, 0.6) is 0 Å². The zero-order valence-corrected chi connectivity index (χ0v) is 16.7. The summed E-state index contributed by atoms with van der Waals surface area (Å²) in [5, 5.41) is 0. The zero-order valence-electron chi connectivity index (χ0n) is 14.8. The van der Waals surface area contributed by atoms with E-state index in [2.05, 4.69) is 0 Å². The van der Waals surface area contributed by atoms with Gasteiger partial charge in [-0.25, -0.2) is 0 Å². The maximum absolute atomic E-state index is 12.4. The average molecular weight is 356 g/mol. The molecule has 6 nitrogen and oxygen atoms in total. The minimum absolute atomic E-state index is 0.396. The quantitative estimate of drug-likeness (QED) is 0.250. The van der Waals surface area contributed by atoms with Gasteiger partial charge in [0.1, 0.15) is 0 Å². The lowest BCUT2D eigenvalue weighted by Gasteiger charge is -2.28. The normalized spacial score (nSPS) is 12.8. The van der Waals surface area contributed by atoms with Crippen molar-refractivity contribution in [2.75, 3.05) is 39.2 Å². The summed E-state index contributed by atoms with van der Waals surface area (Å²) in [4.78, 5) is 0. The fraction of sp³-hybridized carbons (Fsp3) is 1.00. The minimum atomic E-state index is -2.95. The van der Waals surface area contributed by atoms with Gasteiger partial charge in [0, 0.05) is 25.9 Å². The fourth-order valence-corrected chi connectivity index (χ4v) is 6.62. The molecule has 0 radical (unpaired) electrons. The van der Waals surface area contributed by atoms with Gasteiger partial charge in [-0.15, -0.1) is 0 Å². The lowest BCUT2D eigenvalue weighted by molar-refractivity contribution is 0.0707. The van der Waals surface area contributed by atoms with E-state index in [-0.39, 0.29) is 0 Å². The zero-order chi connectivity index (χ0) is 16.9. The number of hydrogen-bond acceptors (Lipinski definition) is 6. The third-order valence-electron chi connectivity index (χ3n) is 2.91. The van der Waals surface area contributed by atoms with Crippen LogP contribution in [0.25, 0.3) is 0 Å². The van der Waals surface area contributed by atoms with Crippen molar-refractivity contribution in [3.8, 4) is 0 Å². The Labute approximate surface area is 136 Å². The third-order valence-corrected chi connectivity index (χ3v) is 8.23. The molecule has 0 rings (SSSR count). The van der Waals surface area contributed by atoms with Gasteiger partial charge in [0.25, 0.3) is 0 Å². The van der Waals surface area contributed by atoms with Crippen LogP contribution in [-0.4, -0.2) is 48.0 Å². The van der Waals surface area contributed by atoms with Crippen LogP contribution in [0.2, 0.25) is 6.04 Å². The summed E-state index contributed by atoms with van der Waals surface area (Å²) in [7, 11) is -5.55. The standard InChI is InChI=1S/C14H33O6PSi/c1-6-16-21(15,17-7-2)13-11-12-14-22(18-8-3,19-9-4)20-10-5/h6-14H2,1-5H3. The van der Waals surface area contributed by atoms with Crippen LogP contribution in [0.15, 0.2) is 0 Å². The summed E-state index contributed by atoms with van der Waals surface area (Å²) >= 11 is 0. The van der Waals surface area contributed by atoms with Crippen molar-refractivity contribution in [1.82, 2.24) is 0 Å². The lowest BCUT2D eigenvalue weighted by Crippen LogP contribution is -2.45. The molecule has 0 saturated carbocycles. The van der Waals surface area contributed by atoms with Crippen molar-refractivity contribution in [2.45, 2.75) is 53.5 Å². The first-order valence-electron chi connectivity index (χ1n) is 8.31. The molecule has 0 amide bonds. The van der Waals surface area contributed by atoms with Gasteiger partial charge >= 0.3 is 16.4 Å². The highest BCUT2D eigenvalue weighted by molar-refractivity contribution is 7.53. The number of hydrogen-bond donors (Lipinski definition) is 0. The van der Waals surface area contributed by atoms with Gasteiger partial charge in [0.05, 0.1) is 19.4 Å². The molecule has 0 N–H and O–H groups in total. The molecule has 0 aromatic carbocycles. The minimum Gasteiger partial charge on any atom is -0.374 e. The van der Waals surface area contributed by atoms with Crippen molar-refractivity contribution in [3.63, 3.8) is 0 Å².